The van der Waals surface area contributed by atoms with Crippen LogP contribution in [-0.4, -0.2) is 49.0 Å². The van der Waals surface area contributed by atoms with Crippen LogP contribution in [0.1, 0.15) is 19.3 Å². The standard InChI is InChI=1S/C11H19NO2/c1-3-4-7-12(2)10-11(13)5-8-14-9-6-11/h1,13H,4-10H2,2H3. The zero-order valence-electron chi connectivity index (χ0n) is 8.83. The number of hydrogen-bond acceptors (Lipinski definition) is 3. The Bertz CT molecular complexity index is 204. The lowest BCUT2D eigenvalue weighted by molar-refractivity contribution is -0.0766. The van der Waals surface area contributed by atoms with Gasteiger partial charge < -0.3 is 14.7 Å². The maximum atomic E-state index is 10.2. The van der Waals surface area contributed by atoms with Crippen LogP contribution in [0, 0.1) is 12.3 Å². The van der Waals surface area contributed by atoms with E-state index in [1.165, 1.54) is 0 Å². The number of rotatable bonds is 4. The van der Waals surface area contributed by atoms with Gasteiger partial charge in [-0.25, -0.2) is 0 Å². The molecule has 1 N–H and O–H groups in total. The first-order valence-electron chi connectivity index (χ1n) is 5.08. The first-order chi connectivity index (χ1) is 6.66. The van der Waals surface area contributed by atoms with E-state index >= 15 is 0 Å². The molecule has 1 saturated heterocycles. The van der Waals surface area contributed by atoms with Gasteiger partial charge in [-0.3, -0.25) is 0 Å². The Balaban J connectivity index is 2.30. The van der Waals surface area contributed by atoms with Gasteiger partial charge in [0.15, 0.2) is 0 Å². The molecular weight excluding hydrogens is 178 g/mol. The summed E-state index contributed by atoms with van der Waals surface area (Å²) in [6.45, 7) is 2.87. The number of terminal acetylenes is 1. The van der Waals surface area contributed by atoms with E-state index in [2.05, 4.69) is 10.8 Å². The van der Waals surface area contributed by atoms with Crippen molar-refractivity contribution in [1.29, 1.82) is 0 Å². The van der Waals surface area contributed by atoms with Gasteiger partial charge >= 0.3 is 0 Å². The van der Waals surface area contributed by atoms with Gasteiger partial charge in [-0.05, 0) is 7.05 Å². The number of hydrogen-bond donors (Lipinski definition) is 1. The largest absolute Gasteiger partial charge is 0.388 e. The molecule has 0 aromatic heterocycles. The maximum Gasteiger partial charge on any atom is 0.0817 e. The van der Waals surface area contributed by atoms with Crippen molar-refractivity contribution in [2.75, 3.05) is 33.4 Å². The van der Waals surface area contributed by atoms with Crippen LogP contribution < -0.4 is 0 Å². The average molecular weight is 197 g/mol. The van der Waals surface area contributed by atoms with Crippen LogP contribution in [0.4, 0.5) is 0 Å². The van der Waals surface area contributed by atoms with E-state index in [0.717, 1.165) is 25.8 Å². The molecule has 80 valence electrons. The molecule has 0 atom stereocenters. The molecular formula is C11H19NO2. The minimum atomic E-state index is -0.568. The molecule has 0 saturated carbocycles. The van der Waals surface area contributed by atoms with Gasteiger partial charge in [0.25, 0.3) is 0 Å². The third-order valence-corrected chi connectivity index (χ3v) is 2.63. The van der Waals surface area contributed by atoms with Crippen molar-refractivity contribution in [3.63, 3.8) is 0 Å². The van der Waals surface area contributed by atoms with Crippen LogP contribution in [0.5, 0.6) is 0 Å². The summed E-state index contributed by atoms with van der Waals surface area (Å²) in [5, 5.41) is 10.2. The lowest BCUT2D eigenvalue weighted by atomic mass is 9.94. The van der Waals surface area contributed by atoms with E-state index < -0.39 is 5.60 Å². The summed E-state index contributed by atoms with van der Waals surface area (Å²) in [4.78, 5) is 2.09. The van der Waals surface area contributed by atoms with E-state index in [-0.39, 0.29) is 0 Å². The Kier molecular flexibility index (Phi) is 4.40. The molecule has 0 aliphatic carbocycles. The molecule has 1 rings (SSSR count). The summed E-state index contributed by atoms with van der Waals surface area (Å²) >= 11 is 0. The smallest absolute Gasteiger partial charge is 0.0817 e. The summed E-state index contributed by atoms with van der Waals surface area (Å²) in [6.07, 6.45) is 7.38. The normalized spacial score (nSPS) is 20.7. The van der Waals surface area contributed by atoms with Gasteiger partial charge in [-0.15, -0.1) is 12.3 Å². The first-order valence-corrected chi connectivity index (χ1v) is 5.08. The van der Waals surface area contributed by atoms with Gasteiger partial charge in [0, 0.05) is 45.6 Å². The van der Waals surface area contributed by atoms with Gasteiger partial charge in [0.05, 0.1) is 5.60 Å². The molecule has 0 radical (unpaired) electrons. The number of likely N-dealkylation sites (N-methyl/N-ethyl adjacent to an activating group) is 1. The fourth-order valence-electron chi connectivity index (χ4n) is 1.75. The molecule has 0 bridgehead atoms. The Morgan fingerprint density at radius 1 is 1.50 bits per heavy atom. The quantitative estimate of drug-likeness (QED) is 0.665. The van der Waals surface area contributed by atoms with Crippen LogP contribution in [-0.2, 0) is 4.74 Å². The molecule has 1 fully saturated rings. The van der Waals surface area contributed by atoms with Gasteiger partial charge in [-0.1, -0.05) is 0 Å². The van der Waals surface area contributed by atoms with E-state index in [0.29, 0.717) is 19.8 Å². The Labute approximate surface area is 86.0 Å². The second kappa shape index (κ2) is 5.35. The Morgan fingerprint density at radius 2 is 2.14 bits per heavy atom. The highest BCUT2D eigenvalue weighted by Gasteiger charge is 2.30. The molecule has 1 aliphatic heterocycles. The first kappa shape index (κ1) is 11.5. The summed E-state index contributed by atoms with van der Waals surface area (Å²) in [5.41, 5.74) is -0.568. The van der Waals surface area contributed by atoms with Crippen molar-refractivity contribution in [2.24, 2.45) is 0 Å². The molecule has 14 heavy (non-hydrogen) atoms. The zero-order chi connectivity index (χ0) is 10.4. The molecule has 0 amide bonds. The Hall–Kier alpha value is -0.560. The lowest BCUT2D eigenvalue weighted by Gasteiger charge is -2.35. The van der Waals surface area contributed by atoms with Gasteiger partial charge in [0.1, 0.15) is 0 Å². The topological polar surface area (TPSA) is 32.7 Å². The molecule has 0 aromatic rings. The minimum absolute atomic E-state index is 0.568. The van der Waals surface area contributed by atoms with Crippen LogP contribution >= 0.6 is 0 Å². The predicted octanol–water partition coefficient (Wildman–Crippen LogP) is 0.483. The van der Waals surface area contributed by atoms with Crippen molar-refractivity contribution in [3.05, 3.63) is 0 Å². The monoisotopic (exact) mass is 197 g/mol. The Morgan fingerprint density at radius 3 is 2.71 bits per heavy atom. The van der Waals surface area contributed by atoms with Crippen LogP contribution in [0.25, 0.3) is 0 Å². The van der Waals surface area contributed by atoms with Crippen molar-refractivity contribution in [3.8, 4) is 12.3 Å². The van der Waals surface area contributed by atoms with E-state index in [9.17, 15) is 5.11 Å². The third-order valence-electron chi connectivity index (χ3n) is 2.63. The second-order valence-corrected chi connectivity index (χ2v) is 4.03. The third kappa shape index (κ3) is 3.67. The SMILES string of the molecule is C#CCCN(C)CC1(O)CCOCC1. The molecule has 3 heteroatoms. The second-order valence-electron chi connectivity index (χ2n) is 4.03. The highest BCUT2D eigenvalue weighted by Crippen LogP contribution is 2.21. The summed E-state index contributed by atoms with van der Waals surface area (Å²) in [7, 11) is 1.99. The number of aliphatic hydroxyl groups is 1. The molecule has 0 aromatic carbocycles. The van der Waals surface area contributed by atoms with Crippen LogP contribution in [0.2, 0.25) is 0 Å². The van der Waals surface area contributed by atoms with Crippen molar-refractivity contribution < 1.29 is 9.84 Å². The number of nitrogens with zero attached hydrogens (tertiary/aromatic N) is 1. The summed E-state index contributed by atoms with van der Waals surface area (Å²) in [6, 6.07) is 0. The van der Waals surface area contributed by atoms with Crippen LogP contribution in [0.3, 0.4) is 0 Å². The fraction of sp³-hybridized carbons (Fsp3) is 0.818. The van der Waals surface area contributed by atoms with Crippen molar-refractivity contribution in [2.45, 2.75) is 24.9 Å². The maximum absolute atomic E-state index is 10.2. The molecule has 1 aliphatic rings. The molecule has 1 heterocycles. The van der Waals surface area contributed by atoms with E-state index in [1.807, 2.05) is 7.05 Å². The van der Waals surface area contributed by atoms with Crippen molar-refractivity contribution in [1.82, 2.24) is 4.90 Å². The van der Waals surface area contributed by atoms with Gasteiger partial charge in [-0.2, -0.15) is 0 Å². The highest BCUT2D eigenvalue weighted by atomic mass is 16.5. The van der Waals surface area contributed by atoms with Crippen LogP contribution in [0.15, 0.2) is 0 Å². The predicted molar refractivity (Wildman–Crippen MR) is 55.9 cm³/mol. The lowest BCUT2D eigenvalue weighted by Crippen LogP contribution is -2.45. The zero-order valence-corrected chi connectivity index (χ0v) is 8.83. The highest BCUT2D eigenvalue weighted by molar-refractivity contribution is 4.87. The molecule has 0 unspecified atom stereocenters. The van der Waals surface area contributed by atoms with Gasteiger partial charge in [0.2, 0.25) is 0 Å². The molecule has 0 spiro atoms. The average Bonchev–Trinajstić information content (AvgIpc) is 2.15. The molecule has 3 nitrogen and oxygen atoms in total. The van der Waals surface area contributed by atoms with Crippen molar-refractivity contribution >= 4 is 0 Å². The summed E-state index contributed by atoms with van der Waals surface area (Å²) < 4.78 is 5.22. The van der Waals surface area contributed by atoms with E-state index in [4.69, 9.17) is 11.2 Å². The fourth-order valence-corrected chi connectivity index (χ4v) is 1.75. The number of ether oxygens (including phenoxy) is 1. The minimum Gasteiger partial charge on any atom is -0.388 e. The summed E-state index contributed by atoms with van der Waals surface area (Å²) in [5.74, 6) is 2.60. The van der Waals surface area contributed by atoms with E-state index in [1.54, 1.807) is 0 Å².